The summed E-state index contributed by atoms with van der Waals surface area (Å²) in [5, 5.41) is 3.21. The van der Waals surface area contributed by atoms with Gasteiger partial charge in [-0.15, -0.1) is 0 Å². The van der Waals surface area contributed by atoms with Gasteiger partial charge >= 0.3 is 0 Å². The Labute approximate surface area is 105 Å². The second-order valence-electron chi connectivity index (χ2n) is 5.51. The highest BCUT2D eigenvalue weighted by atomic mass is 16.5. The zero-order valence-electron chi connectivity index (χ0n) is 12.0. The zero-order chi connectivity index (χ0) is 13.1. The lowest BCUT2D eigenvalue weighted by Gasteiger charge is -2.25. The molecule has 96 valence electrons. The van der Waals surface area contributed by atoms with Gasteiger partial charge < -0.3 is 10.1 Å². The summed E-state index contributed by atoms with van der Waals surface area (Å²) < 4.78 is 5.86. The minimum Gasteiger partial charge on any atom is -0.493 e. The lowest BCUT2D eigenvalue weighted by molar-refractivity contribution is 0.325. The third kappa shape index (κ3) is 3.47. The van der Waals surface area contributed by atoms with Gasteiger partial charge in [-0.3, -0.25) is 0 Å². The lowest BCUT2D eigenvalue weighted by atomic mass is 9.84. The van der Waals surface area contributed by atoms with Gasteiger partial charge in [0.15, 0.2) is 0 Å². The molecule has 1 rings (SSSR count). The number of benzene rings is 1. The highest BCUT2D eigenvalue weighted by Crippen LogP contribution is 2.35. The maximum atomic E-state index is 5.86. The van der Waals surface area contributed by atoms with Crippen molar-refractivity contribution in [1.82, 2.24) is 5.32 Å². The van der Waals surface area contributed by atoms with Crippen molar-refractivity contribution in [3.05, 3.63) is 28.8 Å². The van der Waals surface area contributed by atoms with Crippen LogP contribution in [0, 0.1) is 6.92 Å². The smallest absolute Gasteiger partial charge is 0.127 e. The third-order valence-corrected chi connectivity index (χ3v) is 2.77. The highest BCUT2D eigenvalue weighted by Gasteiger charge is 2.21. The fourth-order valence-corrected chi connectivity index (χ4v) is 2.04. The molecule has 2 nitrogen and oxygen atoms in total. The second-order valence-corrected chi connectivity index (χ2v) is 5.51. The van der Waals surface area contributed by atoms with Crippen LogP contribution in [0.15, 0.2) is 12.1 Å². The van der Waals surface area contributed by atoms with Gasteiger partial charge in [-0.2, -0.15) is 0 Å². The minimum absolute atomic E-state index is 0.110. The molecule has 0 aliphatic carbocycles. The fourth-order valence-electron chi connectivity index (χ4n) is 2.04. The Kier molecular flexibility index (Phi) is 4.58. The van der Waals surface area contributed by atoms with Crippen LogP contribution in [0.5, 0.6) is 5.75 Å². The molecule has 0 unspecified atom stereocenters. The molecule has 1 aromatic rings. The first-order chi connectivity index (χ1) is 7.90. The van der Waals surface area contributed by atoms with E-state index < -0.39 is 0 Å². The number of hydrogen-bond acceptors (Lipinski definition) is 2. The average Bonchev–Trinajstić information content (AvgIpc) is 2.20. The third-order valence-electron chi connectivity index (χ3n) is 2.77. The van der Waals surface area contributed by atoms with Gasteiger partial charge in [-0.05, 0) is 26.3 Å². The molecule has 0 aromatic heterocycles. The summed E-state index contributed by atoms with van der Waals surface area (Å²) in [6, 6.07) is 4.45. The minimum atomic E-state index is 0.110. The monoisotopic (exact) mass is 235 g/mol. The number of rotatable bonds is 4. The Morgan fingerprint density at radius 3 is 2.35 bits per heavy atom. The van der Waals surface area contributed by atoms with E-state index in [0.717, 1.165) is 12.3 Å². The SMILES string of the molecule is CCOc1c(CNC)cc(C)cc1C(C)(C)C. The molecule has 0 amide bonds. The highest BCUT2D eigenvalue weighted by molar-refractivity contribution is 5.47. The van der Waals surface area contributed by atoms with E-state index in [1.54, 1.807) is 0 Å². The van der Waals surface area contributed by atoms with E-state index in [1.165, 1.54) is 16.7 Å². The molecule has 0 heterocycles. The van der Waals surface area contributed by atoms with Crippen LogP contribution in [0.4, 0.5) is 0 Å². The molecule has 17 heavy (non-hydrogen) atoms. The summed E-state index contributed by atoms with van der Waals surface area (Å²) in [5.41, 5.74) is 3.95. The van der Waals surface area contributed by atoms with Gasteiger partial charge in [0.2, 0.25) is 0 Å². The topological polar surface area (TPSA) is 21.3 Å². The molecule has 0 aliphatic heterocycles. The molecular formula is C15H25NO. The van der Waals surface area contributed by atoms with E-state index in [1.807, 2.05) is 14.0 Å². The van der Waals surface area contributed by atoms with Crippen LogP contribution >= 0.6 is 0 Å². The van der Waals surface area contributed by atoms with Crippen LogP contribution in [-0.2, 0) is 12.0 Å². The van der Waals surface area contributed by atoms with Crippen LogP contribution in [0.25, 0.3) is 0 Å². The molecule has 1 aromatic carbocycles. The first-order valence-corrected chi connectivity index (χ1v) is 6.31. The van der Waals surface area contributed by atoms with E-state index in [2.05, 4.69) is 45.1 Å². The molecule has 0 spiro atoms. The average molecular weight is 235 g/mol. The van der Waals surface area contributed by atoms with Gasteiger partial charge in [-0.1, -0.05) is 38.5 Å². The van der Waals surface area contributed by atoms with Gasteiger partial charge in [-0.25, -0.2) is 0 Å². The normalized spacial score (nSPS) is 11.6. The van der Waals surface area contributed by atoms with Gasteiger partial charge in [0.1, 0.15) is 5.75 Å². The molecule has 2 heteroatoms. The van der Waals surface area contributed by atoms with Crippen molar-refractivity contribution in [2.24, 2.45) is 0 Å². The predicted molar refractivity (Wildman–Crippen MR) is 73.8 cm³/mol. The molecule has 1 N–H and O–H groups in total. The number of aryl methyl sites for hydroxylation is 1. The summed E-state index contributed by atoms with van der Waals surface area (Å²) in [6.07, 6.45) is 0. The zero-order valence-corrected chi connectivity index (χ0v) is 12.0. The summed E-state index contributed by atoms with van der Waals surface area (Å²) in [5.74, 6) is 1.06. The maximum Gasteiger partial charge on any atom is 0.127 e. The van der Waals surface area contributed by atoms with E-state index in [9.17, 15) is 0 Å². The summed E-state index contributed by atoms with van der Waals surface area (Å²) in [4.78, 5) is 0. The summed E-state index contributed by atoms with van der Waals surface area (Å²) in [7, 11) is 1.97. The fraction of sp³-hybridized carbons (Fsp3) is 0.600. The number of hydrogen-bond donors (Lipinski definition) is 1. The van der Waals surface area contributed by atoms with Crippen molar-refractivity contribution in [2.75, 3.05) is 13.7 Å². The van der Waals surface area contributed by atoms with Gasteiger partial charge in [0.25, 0.3) is 0 Å². The summed E-state index contributed by atoms with van der Waals surface area (Å²) >= 11 is 0. The van der Waals surface area contributed by atoms with Crippen molar-refractivity contribution in [1.29, 1.82) is 0 Å². The summed E-state index contributed by atoms with van der Waals surface area (Å²) in [6.45, 7) is 12.4. The van der Waals surface area contributed by atoms with Crippen molar-refractivity contribution in [3.8, 4) is 5.75 Å². The van der Waals surface area contributed by atoms with Crippen molar-refractivity contribution < 1.29 is 4.74 Å². The number of ether oxygens (including phenoxy) is 1. The van der Waals surface area contributed by atoms with Crippen LogP contribution in [0.3, 0.4) is 0 Å². The van der Waals surface area contributed by atoms with Crippen molar-refractivity contribution in [3.63, 3.8) is 0 Å². The molecular weight excluding hydrogens is 210 g/mol. The van der Waals surface area contributed by atoms with Crippen molar-refractivity contribution in [2.45, 2.75) is 46.6 Å². The molecule has 0 bridgehead atoms. The van der Waals surface area contributed by atoms with Gasteiger partial charge in [0.05, 0.1) is 6.61 Å². The Bertz CT molecular complexity index is 377. The van der Waals surface area contributed by atoms with Crippen molar-refractivity contribution >= 4 is 0 Å². The Morgan fingerprint density at radius 2 is 1.88 bits per heavy atom. The Balaban J connectivity index is 3.35. The Morgan fingerprint density at radius 1 is 1.24 bits per heavy atom. The maximum absolute atomic E-state index is 5.86. The standard InChI is InChI=1S/C15H25NO/c1-7-17-14-12(10-16-6)8-11(2)9-13(14)15(3,4)5/h8-9,16H,7,10H2,1-6H3. The molecule has 0 aliphatic rings. The second kappa shape index (κ2) is 5.54. The van der Waals surface area contributed by atoms with Crippen LogP contribution < -0.4 is 10.1 Å². The molecule has 0 saturated heterocycles. The predicted octanol–water partition coefficient (Wildman–Crippen LogP) is 3.41. The largest absolute Gasteiger partial charge is 0.493 e. The molecule has 0 radical (unpaired) electrons. The Hall–Kier alpha value is -1.02. The van der Waals surface area contributed by atoms with E-state index in [4.69, 9.17) is 4.74 Å². The molecule has 0 atom stereocenters. The molecule has 0 fully saturated rings. The van der Waals surface area contributed by atoms with E-state index >= 15 is 0 Å². The van der Waals surface area contributed by atoms with E-state index in [0.29, 0.717) is 6.61 Å². The van der Waals surface area contributed by atoms with Crippen LogP contribution in [0.1, 0.15) is 44.4 Å². The molecule has 0 saturated carbocycles. The first-order valence-electron chi connectivity index (χ1n) is 6.31. The van der Waals surface area contributed by atoms with E-state index in [-0.39, 0.29) is 5.41 Å². The van der Waals surface area contributed by atoms with Crippen LogP contribution in [-0.4, -0.2) is 13.7 Å². The van der Waals surface area contributed by atoms with Gasteiger partial charge in [0, 0.05) is 17.7 Å². The van der Waals surface area contributed by atoms with Crippen LogP contribution in [0.2, 0.25) is 0 Å². The lowest BCUT2D eigenvalue weighted by Crippen LogP contribution is -2.17. The first kappa shape index (κ1) is 14.0. The number of nitrogens with one attached hydrogen (secondary N) is 1. The quantitative estimate of drug-likeness (QED) is 0.863.